The molecule has 4 heteroatoms. The van der Waals surface area contributed by atoms with Gasteiger partial charge in [0.05, 0.1) is 12.6 Å². The number of benzene rings is 1. The molecule has 1 amide bonds. The van der Waals surface area contributed by atoms with Gasteiger partial charge in [-0.05, 0) is 31.9 Å². The van der Waals surface area contributed by atoms with E-state index in [0.29, 0.717) is 32.5 Å². The number of nitrogens with zero attached hydrogens (tertiary/aromatic N) is 2. The van der Waals surface area contributed by atoms with E-state index < -0.39 is 0 Å². The minimum absolute atomic E-state index is 0.151. The van der Waals surface area contributed by atoms with Crippen LogP contribution in [0.1, 0.15) is 19.8 Å². The van der Waals surface area contributed by atoms with Gasteiger partial charge in [0.15, 0.2) is 0 Å². The molecule has 1 aliphatic heterocycles. The molecule has 1 heterocycles. The fourth-order valence-corrected chi connectivity index (χ4v) is 2.40. The summed E-state index contributed by atoms with van der Waals surface area (Å²) >= 11 is 0. The Morgan fingerprint density at radius 2 is 1.95 bits per heavy atom. The van der Waals surface area contributed by atoms with E-state index in [2.05, 4.69) is 11.8 Å². The van der Waals surface area contributed by atoms with E-state index in [0.717, 1.165) is 12.2 Å². The Bertz CT molecular complexity index is 400. The predicted octanol–water partition coefficient (Wildman–Crippen LogP) is 1.50. The first-order valence-corrected chi connectivity index (χ1v) is 6.96. The van der Waals surface area contributed by atoms with Crippen LogP contribution in [-0.4, -0.2) is 48.2 Å². The van der Waals surface area contributed by atoms with E-state index in [9.17, 15) is 9.90 Å². The quantitative estimate of drug-likeness (QED) is 0.894. The number of hydrogen-bond donors (Lipinski definition) is 1. The zero-order valence-corrected chi connectivity index (χ0v) is 11.5. The number of rotatable bonds is 4. The highest BCUT2D eigenvalue weighted by Gasteiger charge is 2.22. The summed E-state index contributed by atoms with van der Waals surface area (Å²) in [4.78, 5) is 16.2. The summed E-state index contributed by atoms with van der Waals surface area (Å²) in [5.74, 6) is 0.151. The zero-order chi connectivity index (χ0) is 13.7. The molecule has 1 saturated heterocycles. The second kappa shape index (κ2) is 6.57. The number of anilines is 1. The number of likely N-dealkylation sites (tertiary alicyclic amines) is 1. The summed E-state index contributed by atoms with van der Waals surface area (Å²) in [5.41, 5.74) is 1.08. The van der Waals surface area contributed by atoms with Crippen molar-refractivity contribution in [1.82, 2.24) is 4.90 Å². The van der Waals surface area contributed by atoms with Gasteiger partial charge in [-0.1, -0.05) is 18.2 Å². The Balaban J connectivity index is 1.93. The monoisotopic (exact) mass is 262 g/mol. The van der Waals surface area contributed by atoms with Crippen LogP contribution in [0, 0.1) is 0 Å². The van der Waals surface area contributed by atoms with E-state index >= 15 is 0 Å². The number of aliphatic hydroxyl groups is 1. The third kappa shape index (κ3) is 3.70. The molecule has 0 atom stereocenters. The fraction of sp³-hybridized carbons (Fsp3) is 0.533. The van der Waals surface area contributed by atoms with Crippen LogP contribution in [0.4, 0.5) is 5.69 Å². The fourth-order valence-electron chi connectivity index (χ4n) is 2.40. The molecule has 4 nitrogen and oxygen atoms in total. The van der Waals surface area contributed by atoms with Gasteiger partial charge in [-0.25, -0.2) is 0 Å². The Morgan fingerprint density at radius 3 is 2.53 bits per heavy atom. The van der Waals surface area contributed by atoms with Gasteiger partial charge in [0.1, 0.15) is 0 Å². The second-order valence-corrected chi connectivity index (χ2v) is 4.96. The predicted molar refractivity (Wildman–Crippen MR) is 76.1 cm³/mol. The molecule has 0 aromatic heterocycles. The lowest BCUT2D eigenvalue weighted by Crippen LogP contribution is -2.45. The highest BCUT2D eigenvalue weighted by atomic mass is 16.3. The molecule has 0 radical (unpaired) electrons. The van der Waals surface area contributed by atoms with Crippen LogP contribution >= 0.6 is 0 Å². The van der Waals surface area contributed by atoms with Gasteiger partial charge in [-0.3, -0.25) is 4.79 Å². The van der Waals surface area contributed by atoms with Crippen molar-refractivity contribution >= 4 is 11.6 Å². The Kier molecular flexibility index (Phi) is 4.80. The second-order valence-electron chi connectivity index (χ2n) is 4.96. The van der Waals surface area contributed by atoms with Gasteiger partial charge >= 0.3 is 0 Å². The zero-order valence-electron chi connectivity index (χ0n) is 11.5. The summed E-state index contributed by atoms with van der Waals surface area (Å²) in [6, 6.07) is 10.00. The van der Waals surface area contributed by atoms with Gasteiger partial charge in [-0.2, -0.15) is 0 Å². The van der Waals surface area contributed by atoms with Crippen LogP contribution < -0.4 is 4.90 Å². The number of para-hydroxylation sites is 1. The highest BCUT2D eigenvalue weighted by Crippen LogP contribution is 2.15. The van der Waals surface area contributed by atoms with Crippen molar-refractivity contribution in [2.45, 2.75) is 25.9 Å². The molecule has 0 unspecified atom stereocenters. The first-order valence-electron chi connectivity index (χ1n) is 6.96. The number of hydrogen-bond acceptors (Lipinski definition) is 3. The molecule has 0 spiro atoms. The van der Waals surface area contributed by atoms with Gasteiger partial charge in [0, 0.05) is 25.3 Å². The molecule has 1 aliphatic rings. The van der Waals surface area contributed by atoms with E-state index in [-0.39, 0.29) is 12.0 Å². The van der Waals surface area contributed by atoms with Crippen molar-refractivity contribution in [3.63, 3.8) is 0 Å². The summed E-state index contributed by atoms with van der Waals surface area (Å²) in [6.45, 7) is 4.63. The number of carbonyl (C=O) groups is 1. The maximum atomic E-state index is 12.3. The van der Waals surface area contributed by atoms with E-state index in [4.69, 9.17) is 0 Å². The summed E-state index contributed by atoms with van der Waals surface area (Å²) < 4.78 is 0. The average Bonchev–Trinajstić information content (AvgIpc) is 2.46. The third-order valence-electron chi connectivity index (χ3n) is 3.65. The lowest BCUT2D eigenvalue weighted by atomic mass is 10.1. The lowest BCUT2D eigenvalue weighted by Gasteiger charge is -2.32. The van der Waals surface area contributed by atoms with E-state index in [1.54, 1.807) is 0 Å². The van der Waals surface area contributed by atoms with Gasteiger partial charge in [-0.15, -0.1) is 0 Å². The molecule has 2 rings (SSSR count). The minimum Gasteiger partial charge on any atom is -0.393 e. The maximum Gasteiger partial charge on any atom is 0.242 e. The first kappa shape index (κ1) is 13.9. The number of likely N-dealkylation sites (N-methyl/N-ethyl adjacent to an activating group) is 1. The number of carbonyl (C=O) groups excluding carboxylic acids is 1. The molecule has 0 bridgehead atoms. The molecule has 1 aromatic rings. The van der Waals surface area contributed by atoms with Gasteiger partial charge in [0.2, 0.25) is 5.91 Å². The first-order chi connectivity index (χ1) is 9.20. The maximum absolute atomic E-state index is 12.3. The van der Waals surface area contributed by atoms with Crippen molar-refractivity contribution in [1.29, 1.82) is 0 Å². The van der Waals surface area contributed by atoms with Crippen LogP contribution in [0.25, 0.3) is 0 Å². The van der Waals surface area contributed by atoms with Crippen LogP contribution in [0.3, 0.4) is 0 Å². The van der Waals surface area contributed by atoms with Crippen molar-refractivity contribution in [3.8, 4) is 0 Å². The van der Waals surface area contributed by atoms with Crippen molar-refractivity contribution in [3.05, 3.63) is 30.3 Å². The lowest BCUT2D eigenvalue weighted by molar-refractivity contribution is -0.131. The van der Waals surface area contributed by atoms with E-state index in [1.165, 1.54) is 0 Å². The molecular weight excluding hydrogens is 240 g/mol. The Morgan fingerprint density at radius 1 is 1.32 bits per heavy atom. The molecule has 1 aromatic carbocycles. The van der Waals surface area contributed by atoms with Crippen LogP contribution in [0.15, 0.2) is 30.3 Å². The Hall–Kier alpha value is -1.55. The van der Waals surface area contributed by atoms with Gasteiger partial charge < -0.3 is 14.9 Å². The van der Waals surface area contributed by atoms with Crippen molar-refractivity contribution < 1.29 is 9.90 Å². The van der Waals surface area contributed by atoms with Crippen LogP contribution in [0.2, 0.25) is 0 Å². The summed E-state index contributed by atoms with van der Waals surface area (Å²) in [6.07, 6.45) is 1.16. The largest absolute Gasteiger partial charge is 0.393 e. The van der Waals surface area contributed by atoms with Gasteiger partial charge in [0.25, 0.3) is 0 Å². The smallest absolute Gasteiger partial charge is 0.242 e. The molecule has 104 valence electrons. The average molecular weight is 262 g/mol. The number of amides is 1. The van der Waals surface area contributed by atoms with Crippen LogP contribution in [-0.2, 0) is 4.79 Å². The molecule has 0 aliphatic carbocycles. The van der Waals surface area contributed by atoms with E-state index in [1.807, 2.05) is 35.2 Å². The molecule has 1 fully saturated rings. The van der Waals surface area contributed by atoms with Crippen molar-refractivity contribution in [2.24, 2.45) is 0 Å². The number of piperidine rings is 1. The molecule has 19 heavy (non-hydrogen) atoms. The Labute approximate surface area is 114 Å². The third-order valence-corrected chi connectivity index (χ3v) is 3.65. The highest BCUT2D eigenvalue weighted by molar-refractivity contribution is 5.81. The molecule has 0 saturated carbocycles. The number of aliphatic hydroxyl groups excluding tert-OH is 1. The SMILES string of the molecule is CCN(CC(=O)N1CCC(O)CC1)c1ccccc1. The summed E-state index contributed by atoms with van der Waals surface area (Å²) in [5, 5.41) is 9.47. The molecule has 1 N–H and O–H groups in total. The normalized spacial score (nSPS) is 16.4. The topological polar surface area (TPSA) is 43.8 Å². The minimum atomic E-state index is -0.236. The van der Waals surface area contributed by atoms with Crippen molar-refractivity contribution in [2.75, 3.05) is 31.1 Å². The standard InChI is InChI=1S/C15H22N2O2/c1-2-16(13-6-4-3-5-7-13)12-15(19)17-10-8-14(18)9-11-17/h3-7,14,18H,2,8-12H2,1H3. The molecular formula is C15H22N2O2. The summed E-state index contributed by atoms with van der Waals surface area (Å²) in [7, 11) is 0. The van der Waals surface area contributed by atoms with Crippen LogP contribution in [0.5, 0.6) is 0 Å².